The Bertz CT molecular complexity index is 655. The van der Waals surface area contributed by atoms with Gasteiger partial charge < -0.3 is 4.90 Å². The van der Waals surface area contributed by atoms with Crippen molar-refractivity contribution in [1.82, 2.24) is 9.62 Å². The van der Waals surface area contributed by atoms with Crippen molar-refractivity contribution in [3.8, 4) is 0 Å². The molecule has 1 N–H and O–H groups in total. The van der Waals surface area contributed by atoms with Crippen molar-refractivity contribution in [1.29, 1.82) is 0 Å². The van der Waals surface area contributed by atoms with E-state index < -0.39 is 10.0 Å². The molecule has 2 rings (SSSR count). The number of hydrogen-bond acceptors (Lipinski definition) is 3. The van der Waals surface area contributed by atoms with Gasteiger partial charge in [0.2, 0.25) is 10.0 Å². The summed E-state index contributed by atoms with van der Waals surface area (Å²) in [6.45, 7) is 7.51. The van der Waals surface area contributed by atoms with E-state index in [-0.39, 0.29) is 10.8 Å². The van der Waals surface area contributed by atoms with Crippen LogP contribution in [0.15, 0.2) is 23.1 Å². The van der Waals surface area contributed by atoms with E-state index in [9.17, 15) is 13.2 Å². The van der Waals surface area contributed by atoms with Gasteiger partial charge in [0.1, 0.15) is 0 Å². The molecule has 1 atom stereocenters. The number of hydrogen-bond donors (Lipinski definition) is 1. The molecule has 1 aromatic rings. The monoisotopic (exact) mass is 324 g/mol. The largest absolute Gasteiger partial charge is 0.338 e. The highest BCUT2D eigenvalue weighted by Crippen LogP contribution is 2.21. The van der Waals surface area contributed by atoms with Gasteiger partial charge in [-0.25, -0.2) is 13.1 Å². The average molecular weight is 324 g/mol. The molecule has 0 saturated carbocycles. The summed E-state index contributed by atoms with van der Waals surface area (Å²) in [5.74, 6) is 0.421. The third kappa shape index (κ3) is 3.67. The Hall–Kier alpha value is -1.40. The highest BCUT2D eigenvalue weighted by molar-refractivity contribution is 7.89. The van der Waals surface area contributed by atoms with E-state index in [1.54, 1.807) is 19.1 Å². The van der Waals surface area contributed by atoms with Gasteiger partial charge in [-0.3, -0.25) is 4.79 Å². The highest BCUT2D eigenvalue weighted by atomic mass is 32.2. The molecule has 122 valence electrons. The fourth-order valence-electron chi connectivity index (χ4n) is 2.82. The summed E-state index contributed by atoms with van der Waals surface area (Å²) in [6, 6.07) is 4.74. The van der Waals surface area contributed by atoms with Gasteiger partial charge in [-0.1, -0.05) is 19.9 Å². The van der Waals surface area contributed by atoms with E-state index in [4.69, 9.17) is 0 Å². The van der Waals surface area contributed by atoms with Gasteiger partial charge >= 0.3 is 0 Å². The van der Waals surface area contributed by atoms with Crippen LogP contribution in [0.2, 0.25) is 0 Å². The summed E-state index contributed by atoms with van der Waals surface area (Å²) >= 11 is 0. The van der Waals surface area contributed by atoms with E-state index in [1.165, 1.54) is 6.07 Å². The molecule has 5 nitrogen and oxygen atoms in total. The first kappa shape index (κ1) is 17.0. The van der Waals surface area contributed by atoms with Crippen LogP contribution in [0.3, 0.4) is 0 Å². The van der Waals surface area contributed by atoms with Crippen LogP contribution in [0.4, 0.5) is 0 Å². The summed E-state index contributed by atoms with van der Waals surface area (Å²) in [5.41, 5.74) is 1.28. The Labute approximate surface area is 132 Å². The zero-order valence-electron chi connectivity index (χ0n) is 13.4. The molecular formula is C16H24N2O3S. The Balaban J connectivity index is 2.32. The van der Waals surface area contributed by atoms with Crippen LogP contribution in [-0.4, -0.2) is 38.9 Å². The molecule has 22 heavy (non-hydrogen) atoms. The van der Waals surface area contributed by atoms with Crippen LogP contribution in [0.5, 0.6) is 0 Å². The lowest BCUT2D eigenvalue weighted by atomic mass is 9.99. The van der Waals surface area contributed by atoms with E-state index >= 15 is 0 Å². The average Bonchev–Trinajstić information content (AvgIpc) is 2.46. The normalized spacial score (nSPS) is 19.2. The minimum atomic E-state index is -3.55. The van der Waals surface area contributed by atoms with Gasteiger partial charge in [0.25, 0.3) is 5.91 Å². The Morgan fingerprint density at radius 3 is 2.77 bits per heavy atom. The second-order valence-electron chi connectivity index (χ2n) is 5.98. The smallest absolute Gasteiger partial charge is 0.254 e. The quantitative estimate of drug-likeness (QED) is 0.923. The third-order valence-electron chi connectivity index (χ3n) is 4.03. The third-order valence-corrected chi connectivity index (χ3v) is 5.57. The first-order valence-electron chi connectivity index (χ1n) is 7.74. The number of aryl methyl sites for hydroxylation is 1. The lowest BCUT2D eigenvalue weighted by molar-refractivity contribution is 0.0682. The highest BCUT2D eigenvalue weighted by Gasteiger charge is 2.24. The molecule has 1 unspecified atom stereocenters. The maximum Gasteiger partial charge on any atom is 0.254 e. The molecule has 1 heterocycles. The summed E-state index contributed by atoms with van der Waals surface area (Å²) in [5, 5.41) is 0. The number of nitrogens with one attached hydrogen (secondary N) is 1. The summed E-state index contributed by atoms with van der Waals surface area (Å²) in [6.07, 6.45) is 2.14. The Morgan fingerprint density at radius 2 is 2.14 bits per heavy atom. The van der Waals surface area contributed by atoms with Crippen molar-refractivity contribution in [3.63, 3.8) is 0 Å². The summed E-state index contributed by atoms with van der Waals surface area (Å²) in [7, 11) is -3.55. The first-order chi connectivity index (χ1) is 10.3. The SMILES string of the molecule is CCNS(=O)(=O)c1ccc(C)c(C(=O)N2CCCC(C)C2)c1. The minimum Gasteiger partial charge on any atom is -0.338 e. The van der Waals surface area contributed by atoms with E-state index in [0.717, 1.165) is 31.5 Å². The van der Waals surface area contributed by atoms with Gasteiger partial charge in [-0.05, 0) is 43.4 Å². The molecule has 1 aliphatic heterocycles. The number of carbonyl (C=O) groups is 1. The van der Waals surface area contributed by atoms with Gasteiger partial charge in [0.05, 0.1) is 4.90 Å². The number of sulfonamides is 1. The molecule has 0 bridgehead atoms. The predicted molar refractivity (Wildman–Crippen MR) is 86.3 cm³/mol. The van der Waals surface area contributed by atoms with Crippen molar-refractivity contribution < 1.29 is 13.2 Å². The van der Waals surface area contributed by atoms with Crippen molar-refractivity contribution in [3.05, 3.63) is 29.3 Å². The Morgan fingerprint density at radius 1 is 1.41 bits per heavy atom. The van der Waals surface area contributed by atoms with Crippen LogP contribution in [0.1, 0.15) is 42.6 Å². The van der Waals surface area contributed by atoms with E-state index in [2.05, 4.69) is 11.6 Å². The number of nitrogens with zero attached hydrogens (tertiary/aromatic N) is 1. The van der Waals surface area contributed by atoms with Crippen molar-refractivity contribution >= 4 is 15.9 Å². The molecule has 0 spiro atoms. The summed E-state index contributed by atoms with van der Waals surface area (Å²) < 4.78 is 26.7. The van der Waals surface area contributed by atoms with Crippen LogP contribution in [-0.2, 0) is 10.0 Å². The number of piperidine rings is 1. The van der Waals surface area contributed by atoms with E-state index in [1.807, 2.05) is 11.8 Å². The first-order valence-corrected chi connectivity index (χ1v) is 9.23. The molecule has 1 saturated heterocycles. The maximum absolute atomic E-state index is 12.7. The van der Waals surface area contributed by atoms with E-state index in [0.29, 0.717) is 18.0 Å². The van der Waals surface area contributed by atoms with Crippen LogP contribution in [0, 0.1) is 12.8 Å². The lowest BCUT2D eigenvalue weighted by Gasteiger charge is -2.31. The van der Waals surface area contributed by atoms with Gasteiger partial charge in [-0.2, -0.15) is 0 Å². The molecule has 0 aliphatic carbocycles. The van der Waals surface area contributed by atoms with Crippen molar-refractivity contribution in [2.75, 3.05) is 19.6 Å². The molecule has 1 aromatic carbocycles. The van der Waals surface area contributed by atoms with Gasteiger partial charge in [0, 0.05) is 25.2 Å². The van der Waals surface area contributed by atoms with Crippen molar-refractivity contribution in [2.24, 2.45) is 5.92 Å². The minimum absolute atomic E-state index is 0.0717. The second kappa shape index (κ2) is 6.79. The van der Waals surface area contributed by atoms with Crippen LogP contribution >= 0.6 is 0 Å². The molecule has 1 fully saturated rings. The molecule has 0 aromatic heterocycles. The number of carbonyl (C=O) groups excluding carboxylic acids is 1. The zero-order valence-corrected chi connectivity index (χ0v) is 14.2. The summed E-state index contributed by atoms with van der Waals surface area (Å²) in [4.78, 5) is 14.7. The zero-order chi connectivity index (χ0) is 16.3. The topological polar surface area (TPSA) is 66.5 Å². The number of amides is 1. The molecule has 0 radical (unpaired) electrons. The predicted octanol–water partition coefficient (Wildman–Crippen LogP) is 2.17. The van der Waals surface area contributed by atoms with Gasteiger partial charge in [0.15, 0.2) is 0 Å². The number of benzene rings is 1. The second-order valence-corrected chi connectivity index (χ2v) is 7.74. The molecule has 1 amide bonds. The van der Waals surface area contributed by atoms with Crippen molar-refractivity contribution in [2.45, 2.75) is 38.5 Å². The molecule has 6 heteroatoms. The van der Waals surface area contributed by atoms with Gasteiger partial charge in [-0.15, -0.1) is 0 Å². The molecular weight excluding hydrogens is 300 g/mol. The lowest BCUT2D eigenvalue weighted by Crippen LogP contribution is -2.39. The molecule has 1 aliphatic rings. The fourth-order valence-corrected chi connectivity index (χ4v) is 3.88. The number of rotatable bonds is 4. The maximum atomic E-state index is 12.7. The Kier molecular flexibility index (Phi) is 5.24. The fraction of sp³-hybridized carbons (Fsp3) is 0.562. The van der Waals surface area contributed by atoms with Crippen LogP contribution < -0.4 is 4.72 Å². The standard InChI is InChI=1S/C16H24N2O3S/c1-4-17-22(20,21)14-8-7-13(3)15(10-14)16(19)18-9-5-6-12(2)11-18/h7-8,10,12,17H,4-6,9,11H2,1-3H3. The van der Waals surface area contributed by atoms with Crippen LogP contribution in [0.25, 0.3) is 0 Å². The number of likely N-dealkylation sites (tertiary alicyclic amines) is 1.